The molecule has 3 rings (SSSR count). The fourth-order valence-corrected chi connectivity index (χ4v) is 3.85. The monoisotopic (exact) mass is 318 g/mol. The van der Waals surface area contributed by atoms with Crippen LogP contribution in [0.3, 0.4) is 0 Å². The number of likely N-dealkylation sites (tertiary alicyclic amines) is 1. The fourth-order valence-electron chi connectivity index (χ4n) is 3.85. The smallest absolute Gasteiger partial charge is 0.305 e. The molecule has 1 amide bonds. The van der Waals surface area contributed by atoms with Crippen LogP contribution in [0.5, 0.6) is 0 Å². The molecule has 2 heterocycles. The number of carbonyl (C=O) groups is 2. The maximum atomic E-state index is 12.6. The van der Waals surface area contributed by atoms with Crippen LogP contribution in [-0.2, 0) is 16.1 Å². The highest BCUT2D eigenvalue weighted by Gasteiger charge is 2.49. The van der Waals surface area contributed by atoms with Crippen molar-refractivity contribution in [3.8, 4) is 0 Å². The molecule has 0 aromatic carbocycles. The first kappa shape index (κ1) is 15.8. The lowest BCUT2D eigenvalue weighted by atomic mass is 9.67. The largest absolute Gasteiger partial charge is 0.481 e. The number of amides is 1. The Labute approximate surface area is 134 Å². The van der Waals surface area contributed by atoms with Crippen LogP contribution in [-0.4, -0.2) is 39.0 Å². The highest BCUT2D eigenvalue weighted by Crippen LogP contribution is 2.50. The second kappa shape index (κ2) is 5.83. The van der Waals surface area contributed by atoms with Crippen LogP contribution in [0.15, 0.2) is 23.1 Å². The molecule has 1 aliphatic heterocycles. The number of pyridine rings is 1. The molecule has 1 saturated heterocycles. The van der Waals surface area contributed by atoms with Crippen molar-refractivity contribution in [1.82, 2.24) is 9.47 Å². The second-order valence-corrected chi connectivity index (χ2v) is 7.00. The van der Waals surface area contributed by atoms with Crippen LogP contribution in [0.4, 0.5) is 0 Å². The SMILES string of the molecule is Cc1ccn(CC(=O)N2CC3(CCC3)CC2CC(=O)O)c(=O)c1. The molecule has 1 atom stereocenters. The average molecular weight is 318 g/mol. The zero-order chi connectivity index (χ0) is 16.6. The molecule has 1 spiro atoms. The maximum Gasteiger partial charge on any atom is 0.305 e. The third kappa shape index (κ3) is 3.16. The normalized spacial score (nSPS) is 22.1. The molecule has 124 valence electrons. The Morgan fingerprint density at radius 2 is 2.13 bits per heavy atom. The standard InChI is InChI=1S/C17H22N2O4/c1-12-3-6-18(14(20)7-12)10-15(21)19-11-17(4-2-5-17)9-13(19)8-16(22)23/h3,6-7,13H,2,4-5,8-11H2,1H3,(H,22,23). The van der Waals surface area contributed by atoms with Gasteiger partial charge in [0.15, 0.2) is 0 Å². The summed E-state index contributed by atoms with van der Waals surface area (Å²) in [6.45, 7) is 2.44. The Morgan fingerprint density at radius 3 is 2.70 bits per heavy atom. The number of aliphatic carboxylic acids is 1. The zero-order valence-corrected chi connectivity index (χ0v) is 13.3. The topological polar surface area (TPSA) is 79.6 Å². The van der Waals surface area contributed by atoms with Gasteiger partial charge in [0, 0.05) is 24.8 Å². The van der Waals surface area contributed by atoms with Crippen LogP contribution in [0, 0.1) is 12.3 Å². The highest BCUT2D eigenvalue weighted by atomic mass is 16.4. The number of carboxylic acid groups (broad SMARTS) is 1. The molecular formula is C17H22N2O4. The summed E-state index contributed by atoms with van der Waals surface area (Å²) in [6, 6.07) is 3.04. The number of hydrogen-bond acceptors (Lipinski definition) is 3. The minimum atomic E-state index is -0.878. The van der Waals surface area contributed by atoms with Crippen molar-refractivity contribution in [2.24, 2.45) is 5.41 Å². The molecule has 0 bridgehead atoms. The summed E-state index contributed by atoms with van der Waals surface area (Å²) < 4.78 is 1.39. The quantitative estimate of drug-likeness (QED) is 0.910. The van der Waals surface area contributed by atoms with Crippen molar-refractivity contribution in [2.75, 3.05) is 6.54 Å². The van der Waals surface area contributed by atoms with Crippen molar-refractivity contribution < 1.29 is 14.7 Å². The number of aromatic nitrogens is 1. The van der Waals surface area contributed by atoms with Crippen molar-refractivity contribution in [1.29, 1.82) is 0 Å². The van der Waals surface area contributed by atoms with Crippen molar-refractivity contribution in [3.05, 3.63) is 34.2 Å². The van der Waals surface area contributed by atoms with Gasteiger partial charge in [0.05, 0.1) is 6.42 Å². The molecule has 2 fully saturated rings. The first-order valence-corrected chi connectivity index (χ1v) is 8.07. The number of rotatable bonds is 4. The van der Waals surface area contributed by atoms with Crippen LogP contribution in [0.1, 0.15) is 37.7 Å². The Balaban J connectivity index is 1.76. The van der Waals surface area contributed by atoms with Gasteiger partial charge in [0.1, 0.15) is 6.54 Å². The minimum Gasteiger partial charge on any atom is -0.481 e. The summed E-state index contributed by atoms with van der Waals surface area (Å²) >= 11 is 0. The number of aryl methyl sites for hydroxylation is 1. The molecular weight excluding hydrogens is 296 g/mol. The van der Waals surface area contributed by atoms with Gasteiger partial charge in [-0.2, -0.15) is 0 Å². The van der Waals surface area contributed by atoms with Gasteiger partial charge in [0.25, 0.3) is 5.56 Å². The van der Waals surface area contributed by atoms with E-state index in [0.29, 0.717) is 6.54 Å². The van der Waals surface area contributed by atoms with Gasteiger partial charge in [-0.05, 0) is 43.2 Å². The maximum absolute atomic E-state index is 12.6. The van der Waals surface area contributed by atoms with E-state index < -0.39 is 5.97 Å². The zero-order valence-electron chi connectivity index (χ0n) is 13.3. The van der Waals surface area contributed by atoms with E-state index in [1.54, 1.807) is 17.2 Å². The number of carboxylic acids is 1. The third-order valence-corrected chi connectivity index (χ3v) is 5.22. The highest BCUT2D eigenvalue weighted by molar-refractivity contribution is 5.78. The van der Waals surface area contributed by atoms with E-state index in [-0.39, 0.29) is 35.9 Å². The van der Waals surface area contributed by atoms with Crippen molar-refractivity contribution >= 4 is 11.9 Å². The first-order chi connectivity index (χ1) is 10.9. The lowest BCUT2D eigenvalue weighted by Crippen LogP contribution is -2.41. The Bertz CT molecular complexity index is 690. The van der Waals surface area contributed by atoms with E-state index in [2.05, 4.69) is 0 Å². The second-order valence-electron chi connectivity index (χ2n) is 7.00. The molecule has 1 aromatic rings. The van der Waals surface area contributed by atoms with E-state index >= 15 is 0 Å². The fraction of sp³-hybridized carbons (Fsp3) is 0.588. The molecule has 1 aliphatic carbocycles. The van der Waals surface area contributed by atoms with Crippen LogP contribution in [0.25, 0.3) is 0 Å². The van der Waals surface area contributed by atoms with Gasteiger partial charge < -0.3 is 14.6 Å². The molecule has 6 nitrogen and oxygen atoms in total. The first-order valence-electron chi connectivity index (χ1n) is 8.07. The van der Waals surface area contributed by atoms with Crippen molar-refractivity contribution in [2.45, 2.75) is 51.6 Å². The van der Waals surface area contributed by atoms with E-state index in [4.69, 9.17) is 5.11 Å². The number of nitrogens with zero attached hydrogens (tertiary/aromatic N) is 2. The number of carbonyl (C=O) groups excluding carboxylic acids is 1. The molecule has 1 N–H and O–H groups in total. The lowest BCUT2D eigenvalue weighted by Gasteiger charge is -2.37. The summed E-state index contributed by atoms with van der Waals surface area (Å²) in [4.78, 5) is 37.4. The predicted octanol–water partition coefficient (Wildman–Crippen LogP) is 1.40. The Kier molecular flexibility index (Phi) is 4.00. The van der Waals surface area contributed by atoms with Crippen molar-refractivity contribution in [3.63, 3.8) is 0 Å². The van der Waals surface area contributed by atoms with Crippen LogP contribution >= 0.6 is 0 Å². The summed E-state index contributed by atoms with van der Waals surface area (Å²) in [5, 5.41) is 9.11. The van der Waals surface area contributed by atoms with E-state index in [1.165, 1.54) is 10.6 Å². The van der Waals surface area contributed by atoms with Gasteiger partial charge in [-0.3, -0.25) is 14.4 Å². The average Bonchev–Trinajstić information content (AvgIpc) is 2.81. The molecule has 1 unspecified atom stereocenters. The van der Waals surface area contributed by atoms with E-state index in [9.17, 15) is 14.4 Å². The van der Waals surface area contributed by atoms with Crippen LogP contribution in [0.2, 0.25) is 0 Å². The Morgan fingerprint density at radius 1 is 1.39 bits per heavy atom. The van der Waals surface area contributed by atoms with Gasteiger partial charge in [-0.25, -0.2) is 0 Å². The molecule has 1 saturated carbocycles. The summed E-state index contributed by atoms with van der Waals surface area (Å²) in [5.74, 6) is -1.04. The minimum absolute atomic E-state index is 0.0176. The van der Waals surface area contributed by atoms with Gasteiger partial charge >= 0.3 is 5.97 Å². The third-order valence-electron chi connectivity index (χ3n) is 5.22. The van der Waals surface area contributed by atoms with Gasteiger partial charge in [-0.15, -0.1) is 0 Å². The molecule has 23 heavy (non-hydrogen) atoms. The predicted molar refractivity (Wildman–Crippen MR) is 84.1 cm³/mol. The number of hydrogen-bond donors (Lipinski definition) is 1. The van der Waals surface area contributed by atoms with E-state index in [1.807, 2.05) is 6.92 Å². The summed E-state index contributed by atoms with van der Waals surface area (Å²) in [5.41, 5.74) is 0.774. The Hall–Kier alpha value is -2.11. The molecule has 0 radical (unpaired) electrons. The molecule has 1 aromatic heterocycles. The summed E-state index contributed by atoms with van der Waals surface area (Å²) in [6.07, 6.45) is 5.66. The summed E-state index contributed by atoms with van der Waals surface area (Å²) in [7, 11) is 0. The van der Waals surface area contributed by atoms with Gasteiger partial charge in [-0.1, -0.05) is 6.42 Å². The molecule has 2 aliphatic rings. The van der Waals surface area contributed by atoms with E-state index in [0.717, 1.165) is 31.2 Å². The molecule has 6 heteroatoms. The lowest BCUT2D eigenvalue weighted by molar-refractivity contribution is -0.140. The van der Waals surface area contributed by atoms with Crippen LogP contribution < -0.4 is 5.56 Å². The van der Waals surface area contributed by atoms with Gasteiger partial charge in [0.2, 0.25) is 5.91 Å².